The van der Waals surface area contributed by atoms with Crippen LogP contribution >= 0.6 is 0 Å². The van der Waals surface area contributed by atoms with Gasteiger partial charge in [0.2, 0.25) is 0 Å². The number of urea groups is 1. The Hall–Kier alpha value is -1.60. The molecule has 0 saturated carbocycles. The Bertz CT molecular complexity index is 776. The number of aryl methyl sites for hydroxylation is 2. The fourth-order valence-electron chi connectivity index (χ4n) is 3.85. The van der Waals surface area contributed by atoms with Crippen molar-refractivity contribution in [1.82, 2.24) is 14.7 Å². The molecule has 0 aliphatic carbocycles. The Labute approximate surface area is 150 Å². The quantitative estimate of drug-likeness (QED) is 0.792. The van der Waals surface area contributed by atoms with Gasteiger partial charge in [-0.05, 0) is 30.5 Å². The van der Waals surface area contributed by atoms with Gasteiger partial charge in [-0.2, -0.15) is 0 Å². The van der Waals surface area contributed by atoms with Crippen LogP contribution in [0.15, 0.2) is 18.2 Å². The fourth-order valence-corrected chi connectivity index (χ4v) is 5.86. The zero-order chi connectivity index (χ0) is 18.4. The first kappa shape index (κ1) is 18.2. The first-order valence-electron chi connectivity index (χ1n) is 8.66. The normalized spacial score (nSPS) is 25.7. The Morgan fingerprint density at radius 3 is 2.44 bits per heavy atom. The number of carbonyl (C=O) groups excluding carboxylic acids is 1. The molecule has 1 aromatic carbocycles. The second-order valence-electron chi connectivity index (χ2n) is 7.47. The smallest absolute Gasteiger partial charge is 0.319 e. The average Bonchev–Trinajstić information content (AvgIpc) is 2.86. The number of hydrogen-bond acceptors (Lipinski definition) is 4. The summed E-state index contributed by atoms with van der Waals surface area (Å²) in [6.45, 7) is 6.17. The third-order valence-electron chi connectivity index (χ3n) is 5.38. The second-order valence-corrected chi connectivity index (χ2v) is 9.62. The highest BCUT2D eigenvalue weighted by Crippen LogP contribution is 2.29. The number of piperazine rings is 1. The van der Waals surface area contributed by atoms with Gasteiger partial charge in [-0.25, -0.2) is 13.2 Å². The first-order chi connectivity index (χ1) is 11.7. The van der Waals surface area contributed by atoms with Crippen LogP contribution in [0.25, 0.3) is 0 Å². The van der Waals surface area contributed by atoms with Crippen LogP contribution in [0.4, 0.5) is 4.79 Å². The Morgan fingerprint density at radius 2 is 1.80 bits per heavy atom. The van der Waals surface area contributed by atoms with Crippen LogP contribution in [0.5, 0.6) is 0 Å². The number of carbonyl (C=O) groups is 1. The van der Waals surface area contributed by atoms with Crippen molar-refractivity contribution in [2.75, 3.05) is 38.7 Å². The van der Waals surface area contributed by atoms with Crippen molar-refractivity contribution in [1.29, 1.82) is 0 Å². The summed E-state index contributed by atoms with van der Waals surface area (Å²) in [5.74, 6) is 0.209. The van der Waals surface area contributed by atoms with Gasteiger partial charge in [0.25, 0.3) is 0 Å². The van der Waals surface area contributed by atoms with Crippen LogP contribution in [0.3, 0.4) is 0 Å². The monoisotopic (exact) mass is 365 g/mol. The van der Waals surface area contributed by atoms with Crippen LogP contribution in [0, 0.1) is 13.8 Å². The van der Waals surface area contributed by atoms with Gasteiger partial charge in [-0.3, -0.25) is 4.90 Å². The third kappa shape index (κ3) is 3.67. The van der Waals surface area contributed by atoms with Crippen LogP contribution in [-0.2, 0) is 16.4 Å². The van der Waals surface area contributed by atoms with Crippen molar-refractivity contribution in [3.63, 3.8) is 0 Å². The van der Waals surface area contributed by atoms with Crippen molar-refractivity contribution in [2.45, 2.75) is 32.5 Å². The zero-order valence-corrected chi connectivity index (χ0v) is 16.2. The molecule has 7 heteroatoms. The number of benzene rings is 1. The summed E-state index contributed by atoms with van der Waals surface area (Å²) in [6.07, 6.45) is 0. The van der Waals surface area contributed by atoms with E-state index in [-0.39, 0.29) is 29.6 Å². The molecule has 0 N–H and O–H groups in total. The molecule has 2 amide bonds. The number of rotatable bonds is 2. The summed E-state index contributed by atoms with van der Waals surface area (Å²) in [6, 6.07) is 5.92. The molecular weight excluding hydrogens is 338 g/mol. The molecular formula is C18H27N3O3S. The van der Waals surface area contributed by atoms with Crippen molar-refractivity contribution in [3.05, 3.63) is 34.9 Å². The largest absolute Gasteiger partial charge is 0.331 e. The summed E-state index contributed by atoms with van der Waals surface area (Å²) >= 11 is 0. The average molecular weight is 365 g/mol. The van der Waals surface area contributed by atoms with Crippen LogP contribution in [0.2, 0.25) is 0 Å². The van der Waals surface area contributed by atoms with Gasteiger partial charge in [0.1, 0.15) is 0 Å². The summed E-state index contributed by atoms with van der Waals surface area (Å²) in [5, 5.41) is 0. The highest BCUT2D eigenvalue weighted by Gasteiger charge is 2.48. The SMILES string of the molecule is Cc1ccc(CN2CCN(C(=O)N(C)C)C3CS(=O)(=O)CC32)cc1C. The van der Waals surface area contributed by atoms with E-state index in [0.29, 0.717) is 13.1 Å². The van der Waals surface area contributed by atoms with Gasteiger partial charge in [-0.15, -0.1) is 0 Å². The lowest BCUT2D eigenvalue weighted by Gasteiger charge is -2.44. The van der Waals surface area contributed by atoms with Gasteiger partial charge in [0, 0.05) is 39.8 Å². The van der Waals surface area contributed by atoms with Gasteiger partial charge in [-0.1, -0.05) is 18.2 Å². The van der Waals surface area contributed by atoms with Gasteiger partial charge < -0.3 is 9.80 Å². The number of hydrogen-bond donors (Lipinski definition) is 0. The highest BCUT2D eigenvalue weighted by atomic mass is 32.2. The van der Waals surface area contributed by atoms with E-state index >= 15 is 0 Å². The van der Waals surface area contributed by atoms with Crippen molar-refractivity contribution >= 4 is 15.9 Å². The van der Waals surface area contributed by atoms with E-state index in [1.54, 1.807) is 19.0 Å². The number of nitrogens with zero attached hydrogens (tertiary/aromatic N) is 3. The Balaban J connectivity index is 1.83. The van der Waals surface area contributed by atoms with Gasteiger partial charge in [0.15, 0.2) is 9.84 Å². The molecule has 25 heavy (non-hydrogen) atoms. The predicted octanol–water partition coefficient (Wildman–Crippen LogP) is 1.27. The van der Waals surface area contributed by atoms with Crippen molar-refractivity contribution < 1.29 is 13.2 Å². The summed E-state index contributed by atoms with van der Waals surface area (Å²) < 4.78 is 24.5. The Kier molecular flexibility index (Phi) is 4.81. The molecule has 0 spiro atoms. The maximum absolute atomic E-state index is 12.4. The molecule has 0 bridgehead atoms. The van der Waals surface area contributed by atoms with Crippen molar-refractivity contribution in [2.24, 2.45) is 0 Å². The molecule has 2 saturated heterocycles. The standard InChI is InChI=1S/C18H27N3O3S/c1-13-5-6-15(9-14(13)2)10-20-7-8-21(18(22)19(3)4)17-12-25(23,24)11-16(17)20/h5-6,9,16-17H,7-8,10-12H2,1-4H3. The number of fused-ring (bicyclic) bond motifs is 1. The summed E-state index contributed by atoms with van der Waals surface area (Å²) in [7, 11) is 0.306. The molecule has 2 aliphatic heterocycles. The lowest BCUT2D eigenvalue weighted by Crippen LogP contribution is -2.61. The maximum Gasteiger partial charge on any atom is 0.319 e. The molecule has 2 heterocycles. The van der Waals surface area contributed by atoms with E-state index in [1.165, 1.54) is 21.6 Å². The van der Waals surface area contributed by atoms with Gasteiger partial charge >= 0.3 is 6.03 Å². The van der Waals surface area contributed by atoms with E-state index in [9.17, 15) is 13.2 Å². The lowest BCUT2D eigenvalue weighted by atomic mass is 10.0. The summed E-state index contributed by atoms with van der Waals surface area (Å²) in [4.78, 5) is 17.9. The minimum absolute atomic E-state index is 0.0701. The molecule has 0 radical (unpaired) electrons. The fraction of sp³-hybridized carbons (Fsp3) is 0.611. The van der Waals surface area contributed by atoms with E-state index in [1.807, 2.05) is 0 Å². The third-order valence-corrected chi connectivity index (χ3v) is 7.08. The molecule has 2 aliphatic rings. The van der Waals surface area contributed by atoms with E-state index < -0.39 is 9.84 Å². The minimum atomic E-state index is -3.12. The molecule has 2 atom stereocenters. The number of amides is 2. The van der Waals surface area contributed by atoms with E-state index in [4.69, 9.17) is 0 Å². The Morgan fingerprint density at radius 1 is 1.12 bits per heavy atom. The topological polar surface area (TPSA) is 60.9 Å². The van der Waals surface area contributed by atoms with E-state index in [2.05, 4.69) is 36.9 Å². The molecule has 138 valence electrons. The van der Waals surface area contributed by atoms with Crippen LogP contribution < -0.4 is 0 Å². The molecule has 1 aromatic rings. The van der Waals surface area contributed by atoms with Crippen LogP contribution in [-0.4, -0.2) is 79.9 Å². The molecule has 3 rings (SSSR count). The highest BCUT2D eigenvalue weighted by molar-refractivity contribution is 7.91. The summed E-state index contributed by atoms with van der Waals surface area (Å²) in [5.41, 5.74) is 3.69. The first-order valence-corrected chi connectivity index (χ1v) is 10.5. The number of sulfone groups is 1. The predicted molar refractivity (Wildman–Crippen MR) is 98.3 cm³/mol. The molecule has 2 fully saturated rings. The molecule has 2 unspecified atom stereocenters. The second kappa shape index (κ2) is 6.61. The lowest BCUT2D eigenvalue weighted by molar-refractivity contribution is 0.0520. The van der Waals surface area contributed by atoms with Crippen LogP contribution in [0.1, 0.15) is 16.7 Å². The van der Waals surface area contributed by atoms with E-state index in [0.717, 1.165) is 6.54 Å². The molecule has 0 aromatic heterocycles. The van der Waals surface area contributed by atoms with Crippen molar-refractivity contribution in [3.8, 4) is 0 Å². The molecule has 6 nitrogen and oxygen atoms in total. The van der Waals surface area contributed by atoms with Gasteiger partial charge in [0.05, 0.1) is 17.5 Å². The maximum atomic E-state index is 12.4. The zero-order valence-electron chi connectivity index (χ0n) is 15.4. The minimum Gasteiger partial charge on any atom is -0.331 e.